The van der Waals surface area contributed by atoms with E-state index >= 15 is 0 Å². The van der Waals surface area contributed by atoms with Gasteiger partial charge < -0.3 is 10.1 Å². The van der Waals surface area contributed by atoms with Gasteiger partial charge in [0, 0.05) is 37.3 Å². The summed E-state index contributed by atoms with van der Waals surface area (Å²) in [4.78, 5) is 39.3. The van der Waals surface area contributed by atoms with E-state index in [0.29, 0.717) is 42.2 Å². The van der Waals surface area contributed by atoms with Gasteiger partial charge in [-0.05, 0) is 17.9 Å². The van der Waals surface area contributed by atoms with E-state index in [1.807, 2.05) is 38.1 Å². The highest BCUT2D eigenvalue weighted by atomic mass is 16.5. The van der Waals surface area contributed by atoms with Gasteiger partial charge in [0.05, 0.1) is 11.5 Å². The largest absolute Gasteiger partial charge is 0.489 e. The first kappa shape index (κ1) is 20.9. The van der Waals surface area contributed by atoms with Crippen LogP contribution in [-0.4, -0.2) is 21.5 Å². The maximum absolute atomic E-state index is 13.4. The molecule has 4 rings (SSSR count). The molecule has 162 valence electrons. The van der Waals surface area contributed by atoms with Crippen LogP contribution in [0.1, 0.15) is 43.7 Å². The summed E-state index contributed by atoms with van der Waals surface area (Å²) in [7, 11) is 3.09. The van der Waals surface area contributed by atoms with E-state index in [4.69, 9.17) is 4.74 Å². The van der Waals surface area contributed by atoms with Crippen LogP contribution < -0.4 is 21.3 Å². The van der Waals surface area contributed by atoms with Gasteiger partial charge in [-0.2, -0.15) is 0 Å². The number of nitrogens with one attached hydrogen (secondary N) is 1. The molecule has 0 saturated heterocycles. The van der Waals surface area contributed by atoms with Gasteiger partial charge in [0.2, 0.25) is 0 Å². The van der Waals surface area contributed by atoms with Crippen molar-refractivity contribution in [3.63, 3.8) is 0 Å². The molecule has 7 nitrogen and oxygen atoms in total. The number of anilines is 1. The number of allylic oxidation sites excluding steroid dienone is 2. The highest BCUT2D eigenvalue weighted by molar-refractivity contribution is 6.01. The van der Waals surface area contributed by atoms with Crippen LogP contribution in [0.25, 0.3) is 0 Å². The van der Waals surface area contributed by atoms with Crippen LogP contribution in [0.2, 0.25) is 0 Å². The summed E-state index contributed by atoms with van der Waals surface area (Å²) < 4.78 is 8.41. The zero-order valence-electron chi connectivity index (χ0n) is 18.3. The van der Waals surface area contributed by atoms with Gasteiger partial charge in [-0.25, -0.2) is 4.79 Å². The number of ketones is 1. The molecule has 0 bridgehead atoms. The Labute approximate surface area is 180 Å². The molecule has 1 aromatic heterocycles. The number of rotatable bonds is 4. The Morgan fingerprint density at radius 3 is 2.58 bits per heavy atom. The van der Waals surface area contributed by atoms with Crippen LogP contribution >= 0.6 is 0 Å². The van der Waals surface area contributed by atoms with E-state index < -0.39 is 17.2 Å². The second kappa shape index (κ2) is 7.41. The number of hydrogen-bond donors (Lipinski definition) is 1. The average molecular weight is 421 g/mol. The van der Waals surface area contributed by atoms with Gasteiger partial charge in [0.1, 0.15) is 18.2 Å². The first-order chi connectivity index (χ1) is 14.7. The molecule has 1 aromatic carbocycles. The van der Waals surface area contributed by atoms with Crippen molar-refractivity contribution < 1.29 is 9.53 Å². The predicted molar refractivity (Wildman–Crippen MR) is 120 cm³/mol. The van der Waals surface area contributed by atoms with Crippen molar-refractivity contribution in [1.82, 2.24) is 9.13 Å². The lowest BCUT2D eigenvalue weighted by Gasteiger charge is -2.39. The fourth-order valence-corrected chi connectivity index (χ4v) is 4.66. The smallest absolute Gasteiger partial charge is 0.332 e. The van der Waals surface area contributed by atoms with E-state index in [1.165, 1.54) is 11.6 Å². The molecule has 0 spiro atoms. The number of benzene rings is 1. The lowest BCUT2D eigenvalue weighted by molar-refractivity contribution is -0.118. The molecular formula is C24H27N3O4. The zero-order chi connectivity index (χ0) is 22.5. The molecule has 1 aliphatic heterocycles. The van der Waals surface area contributed by atoms with Gasteiger partial charge in [0.15, 0.2) is 5.78 Å². The Balaban J connectivity index is 2.06. The summed E-state index contributed by atoms with van der Waals surface area (Å²) in [6.45, 7) is 8.10. The molecular weight excluding hydrogens is 394 g/mol. The maximum Gasteiger partial charge on any atom is 0.332 e. The van der Waals surface area contributed by atoms with Gasteiger partial charge in [-0.1, -0.05) is 44.7 Å². The van der Waals surface area contributed by atoms with Crippen molar-refractivity contribution in [2.75, 3.05) is 11.9 Å². The molecule has 0 fully saturated rings. The first-order valence-electron chi connectivity index (χ1n) is 10.3. The maximum atomic E-state index is 13.4. The minimum Gasteiger partial charge on any atom is -0.489 e. The van der Waals surface area contributed by atoms with Crippen LogP contribution in [0.15, 0.2) is 57.8 Å². The van der Waals surface area contributed by atoms with Crippen molar-refractivity contribution in [3.05, 3.63) is 80.2 Å². The molecule has 31 heavy (non-hydrogen) atoms. The van der Waals surface area contributed by atoms with Crippen LogP contribution in [0.3, 0.4) is 0 Å². The number of carbonyl (C=O) groups is 1. The summed E-state index contributed by atoms with van der Waals surface area (Å²) in [6.07, 6.45) is 2.68. The Bertz CT molecular complexity index is 1250. The molecule has 1 atom stereocenters. The minimum atomic E-state index is -0.624. The third-order valence-electron chi connectivity index (χ3n) is 6.05. The summed E-state index contributed by atoms with van der Waals surface area (Å²) >= 11 is 0. The monoisotopic (exact) mass is 421 g/mol. The fourth-order valence-electron chi connectivity index (χ4n) is 4.66. The minimum absolute atomic E-state index is 0.00355. The SMILES string of the molecule is C=CCOc1ccccc1[C@H]1C2=C(CC(C)(C)CC2=O)Nc2c1c(=O)n(C)c(=O)n2C. The highest BCUT2D eigenvalue weighted by Crippen LogP contribution is 2.49. The number of fused-ring (bicyclic) bond motifs is 1. The van der Waals surface area contributed by atoms with E-state index in [2.05, 4.69) is 11.9 Å². The Morgan fingerprint density at radius 2 is 1.87 bits per heavy atom. The van der Waals surface area contributed by atoms with E-state index in [0.717, 1.165) is 15.8 Å². The fraction of sp³-hybridized carbons (Fsp3) is 0.375. The predicted octanol–water partition coefficient (Wildman–Crippen LogP) is 2.85. The molecule has 0 amide bonds. The molecule has 0 saturated carbocycles. The van der Waals surface area contributed by atoms with Gasteiger partial charge in [-0.3, -0.25) is 18.7 Å². The van der Waals surface area contributed by atoms with Crippen molar-refractivity contribution in [2.24, 2.45) is 19.5 Å². The van der Waals surface area contributed by atoms with E-state index in [9.17, 15) is 14.4 Å². The van der Waals surface area contributed by atoms with Crippen molar-refractivity contribution in [3.8, 4) is 5.75 Å². The summed E-state index contributed by atoms with van der Waals surface area (Å²) in [5.74, 6) is 0.395. The van der Waals surface area contributed by atoms with Crippen LogP contribution in [0.5, 0.6) is 5.75 Å². The topological polar surface area (TPSA) is 82.3 Å². The van der Waals surface area contributed by atoms with Gasteiger partial charge in [0.25, 0.3) is 5.56 Å². The molecule has 1 N–H and O–H groups in total. The van der Waals surface area contributed by atoms with Crippen LogP contribution in [0, 0.1) is 5.41 Å². The third-order valence-corrected chi connectivity index (χ3v) is 6.05. The number of Topliss-reactive ketones (excluding diaryl/α,β-unsaturated/α-hetero) is 1. The Kier molecular flexibility index (Phi) is 5.00. The number of aromatic nitrogens is 2. The standard InChI is InChI=1S/C24H27N3O4/c1-6-11-31-17-10-8-7-9-14(17)18-19-15(12-24(2,3)13-16(19)28)25-21-20(18)22(29)27(5)23(30)26(21)4/h6-10,18,25H,1,11-13H2,2-5H3/t18-/m0/s1. The molecule has 2 aromatic rings. The number of para-hydroxylation sites is 1. The van der Waals surface area contributed by atoms with Gasteiger partial charge in [-0.15, -0.1) is 0 Å². The van der Waals surface area contributed by atoms with Gasteiger partial charge >= 0.3 is 5.69 Å². The first-order valence-corrected chi connectivity index (χ1v) is 10.3. The van der Waals surface area contributed by atoms with Crippen molar-refractivity contribution in [2.45, 2.75) is 32.6 Å². The average Bonchev–Trinajstić information content (AvgIpc) is 2.72. The molecule has 7 heteroatoms. The lowest BCUT2D eigenvalue weighted by atomic mass is 9.69. The van der Waals surface area contributed by atoms with E-state index in [-0.39, 0.29) is 11.2 Å². The van der Waals surface area contributed by atoms with Crippen molar-refractivity contribution >= 4 is 11.6 Å². The molecule has 1 aliphatic carbocycles. The number of nitrogens with zero attached hydrogens (tertiary/aromatic N) is 2. The second-order valence-corrected chi connectivity index (χ2v) is 9.00. The third kappa shape index (κ3) is 3.34. The molecule has 0 unspecified atom stereocenters. The van der Waals surface area contributed by atoms with Crippen LogP contribution in [-0.2, 0) is 18.9 Å². The number of hydrogen-bond acceptors (Lipinski definition) is 5. The summed E-state index contributed by atoms with van der Waals surface area (Å²) in [5.41, 5.74) is 1.39. The molecule has 2 heterocycles. The van der Waals surface area contributed by atoms with E-state index in [1.54, 1.807) is 13.1 Å². The highest BCUT2D eigenvalue weighted by Gasteiger charge is 2.43. The van der Waals surface area contributed by atoms with Crippen LogP contribution in [0.4, 0.5) is 5.82 Å². The Hall–Kier alpha value is -3.35. The number of ether oxygens (including phenoxy) is 1. The quantitative estimate of drug-likeness (QED) is 0.768. The molecule has 0 radical (unpaired) electrons. The number of carbonyl (C=O) groups excluding carboxylic acids is 1. The second-order valence-electron chi connectivity index (χ2n) is 9.00. The normalized spacial score (nSPS) is 19.4. The Morgan fingerprint density at radius 1 is 1.16 bits per heavy atom. The van der Waals surface area contributed by atoms with Crippen molar-refractivity contribution in [1.29, 1.82) is 0 Å². The zero-order valence-corrected chi connectivity index (χ0v) is 18.3. The summed E-state index contributed by atoms with van der Waals surface area (Å²) in [5, 5.41) is 3.28. The summed E-state index contributed by atoms with van der Waals surface area (Å²) in [6, 6.07) is 7.41. The lowest BCUT2D eigenvalue weighted by Crippen LogP contribution is -2.45. The molecule has 2 aliphatic rings.